The summed E-state index contributed by atoms with van der Waals surface area (Å²) in [7, 11) is 0. The number of halogens is 3. The van der Waals surface area contributed by atoms with Gasteiger partial charge in [0.15, 0.2) is 0 Å². The summed E-state index contributed by atoms with van der Waals surface area (Å²) in [5.41, 5.74) is -0.427. The minimum atomic E-state index is -0.656. The fourth-order valence-corrected chi connectivity index (χ4v) is 1.86. The van der Waals surface area contributed by atoms with Gasteiger partial charge in [-0.15, -0.1) is 0 Å². The smallest absolute Gasteiger partial charge is 0.250 e. The predicted octanol–water partition coefficient (Wildman–Crippen LogP) is 2.94. The highest BCUT2D eigenvalue weighted by Crippen LogP contribution is 2.14. The van der Waals surface area contributed by atoms with Crippen LogP contribution in [0.15, 0.2) is 45.8 Å². The van der Waals surface area contributed by atoms with Crippen molar-refractivity contribution in [3.8, 4) is 0 Å². The molecule has 0 unspecified atom stereocenters. The number of benzene rings is 1. The van der Waals surface area contributed by atoms with Crippen LogP contribution in [0.3, 0.4) is 0 Å². The summed E-state index contributed by atoms with van der Waals surface area (Å²) in [6, 6.07) is 6.54. The van der Waals surface area contributed by atoms with Crippen LogP contribution in [-0.2, 0) is 6.54 Å². The van der Waals surface area contributed by atoms with Gasteiger partial charge in [0, 0.05) is 22.3 Å². The lowest BCUT2D eigenvalue weighted by molar-refractivity contribution is 0.541. The summed E-state index contributed by atoms with van der Waals surface area (Å²) in [5.74, 6) is -1.31. The van der Waals surface area contributed by atoms with Crippen molar-refractivity contribution in [1.29, 1.82) is 0 Å². The van der Waals surface area contributed by atoms with Crippen molar-refractivity contribution in [2.45, 2.75) is 6.54 Å². The van der Waals surface area contributed by atoms with Crippen molar-refractivity contribution in [2.75, 3.05) is 0 Å². The maximum Gasteiger partial charge on any atom is 0.250 e. The van der Waals surface area contributed by atoms with Gasteiger partial charge in [-0.25, -0.2) is 8.78 Å². The number of hydrogen-bond acceptors (Lipinski definition) is 1. The fraction of sp³-hybridized carbons (Fsp3) is 0.0833. The predicted molar refractivity (Wildman–Crippen MR) is 63.9 cm³/mol. The summed E-state index contributed by atoms with van der Waals surface area (Å²) in [6.45, 7) is -0.128. The summed E-state index contributed by atoms with van der Waals surface area (Å²) >= 11 is 3.20. The molecule has 1 heterocycles. The van der Waals surface area contributed by atoms with E-state index in [1.165, 1.54) is 35.0 Å². The Hall–Kier alpha value is -1.49. The normalized spacial score (nSPS) is 10.5. The van der Waals surface area contributed by atoms with E-state index in [9.17, 15) is 13.6 Å². The Labute approximate surface area is 105 Å². The Morgan fingerprint density at radius 2 is 1.76 bits per heavy atom. The lowest BCUT2D eigenvalue weighted by Crippen LogP contribution is -2.20. The van der Waals surface area contributed by atoms with Crippen LogP contribution < -0.4 is 5.56 Å². The zero-order valence-corrected chi connectivity index (χ0v) is 10.2. The van der Waals surface area contributed by atoms with Crippen molar-refractivity contribution < 1.29 is 8.78 Å². The Kier molecular flexibility index (Phi) is 3.38. The summed E-state index contributed by atoms with van der Waals surface area (Å²) < 4.78 is 28.7. The van der Waals surface area contributed by atoms with Crippen LogP contribution in [0.5, 0.6) is 0 Å². The van der Waals surface area contributed by atoms with E-state index in [0.29, 0.717) is 4.47 Å². The van der Waals surface area contributed by atoms with E-state index < -0.39 is 11.6 Å². The van der Waals surface area contributed by atoms with Crippen LogP contribution in [0.1, 0.15) is 5.56 Å². The average molecular weight is 300 g/mol. The van der Waals surface area contributed by atoms with Crippen LogP contribution >= 0.6 is 15.9 Å². The highest BCUT2D eigenvalue weighted by molar-refractivity contribution is 9.10. The number of rotatable bonds is 2. The van der Waals surface area contributed by atoms with E-state index in [-0.39, 0.29) is 17.7 Å². The zero-order valence-electron chi connectivity index (χ0n) is 8.66. The molecule has 1 aromatic heterocycles. The third-order valence-electron chi connectivity index (χ3n) is 2.34. The monoisotopic (exact) mass is 299 g/mol. The van der Waals surface area contributed by atoms with Crippen molar-refractivity contribution >= 4 is 15.9 Å². The second-order valence-corrected chi connectivity index (χ2v) is 4.43. The van der Waals surface area contributed by atoms with Gasteiger partial charge in [-0.2, -0.15) is 0 Å². The standard InChI is InChI=1S/C12H8BrF2NO/c13-8-4-5-12(17)16(6-8)7-9-10(14)2-1-3-11(9)15/h1-6H,7H2. The maximum atomic E-state index is 13.4. The van der Waals surface area contributed by atoms with Crippen molar-refractivity contribution in [3.63, 3.8) is 0 Å². The molecule has 2 nitrogen and oxygen atoms in total. The largest absolute Gasteiger partial charge is 0.310 e. The van der Waals surface area contributed by atoms with E-state index >= 15 is 0 Å². The van der Waals surface area contributed by atoms with E-state index in [0.717, 1.165) is 0 Å². The van der Waals surface area contributed by atoms with Crippen molar-refractivity contribution in [3.05, 3.63) is 68.6 Å². The van der Waals surface area contributed by atoms with E-state index in [1.54, 1.807) is 6.07 Å². The fourth-order valence-electron chi connectivity index (χ4n) is 1.48. The highest BCUT2D eigenvalue weighted by Gasteiger charge is 2.09. The summed E-state index contributed by atoms with van der Waals surface area (Å²) in [6.07, 6.45) is 1.49. The molecule has 0 saturated carbocycles. The molecule has 0 spiro atoms. The van der Waals surface area contributed by atoms with Crippen LogP contribution in [0.4, 0.5) is 8.78 Å². The molecular weight excluding hydrogens is 292 g/mol. The van der Waals surface area contributed by atoms with Gasteiger partial charge < -0.3 is 4.57 Å². The molecule has 0 bridgehead atoms. The molecule has 0 aliphatic heterocycles. The molecule has 0 atom stereocenters. The van der Waals surface area contributed by atoms with Gasteiger partial charge in [0.1, 0.15) is 11.6 Å². The SMILES string of the molecule is O=c1ccc(Br)cn1Cc1c(F)cccc1F. The van der Waals surface area contributed by atoms with Crippen LogP contribution in [0.25, 0.3) is 0 Å². The molecule has 2 rings (SSSR count). The molecular formula is C12H8BrF2NO. The quantitative estimate of drug-likeness (QED) is 0.836. The molecule has 0 N–H and O–H groups in total. The zero-order chi connectivity index (χ0) is 12.4. The first kappa shape index (κ1) is 12.0. The van der Waals surface area contributed by atoms with Gasteiger partial charge in [-0.1, -0.05) is 6.07 Å². The molecule has 1 aromatic carbocycles. The number of nitrogens with zero attached hydrogens (tertiary/aromatic N) is 1. The first-order valence-electron chi connectivity index (χ1n) is 4.87. The van der Waals surface area contributed by atoms with Crippen LogP contribution in [-0.4, -0.2) is 4.57 Å². The summed E-state index contributed by atoms with van der Waals surface area (Å²) in [5, 5.41) is 0. The number of aromatic nitrogens is 1. The molecule has 0 radical (unpaired) electrons. The minimum Gasteiger partial charge on any atom is -0.310 e. The Morgan fingerprint density at radius 3 is 2.41 bits per heavy atom. The van der Waals surface area contributed by atoms with Gasteiger partial charge in [-0.3, -0.25) is 4.79 Å². The molecule has 0 aliphatic carbocycles. The third kappa shape index (κ3) is 2.61. The Morgan fingerprint density at radius 1 is 1.12 bits per heavy atom. The lowest BCUT2D eigenvalue weighted by atomic mass is 10.2. The highest BCUT2D eigenvalue weighted by atomic mass is 79.9. The molecule has 5 heteroatoms. The first-order chi connectivity index (χ1) is 8.08. The number of hydrogen-bond donors (Lipinski definition) is 0. The van der Waals surface area contributed by atoms with E-state index in [1.807, 2.05) is 0 Å². The molecule has 17 heavy (non-hydrogen) atoms. The first-order valence-corrected chi connectivity index (χ1v) is 5.66. The third-order valence-corrected chi connectivity index (χ3v) is 2.81. The van der Waals surface area contributed by atoms with Crippen molar-refractivity contribution in [1.82, 2.24) is 4.57 Å². The minimum absolute atomic E-state index is 0.118. The lowest BCUT2D eigenvalue weighted by Gasteiger charge is -2.08. The summed E-state index contributed by atoms with van der Waals surface area (Å²) in [4.78, 5) is 11.5. The van der Waals surface area contributed by atoms with Crippen LogP contribution in [0, 0.1) is 11.6 Å². The molecule has 0 fully saturated rings. The maximum absolute atomic E-state index is 13.4. The second kappa shape index (κ2) is 4.79. The van der Waals surface area contributed by atoms with Gasteiger partial charge >= 0.3 is 0 Å². The van der Waals surface area contributed by atoms with Crippen LogP contribution in [0.2, 0.25) is 0 Å². The molecule has 2 aromatic rings. The van der Waals surface area contributed by atoms with Crippen molar-refractivity contribution in [2.24, 2.45) is 0 Å². The number of pyridine rings is 1. The van der Waals surface area contributed by atoms with Gasteiger partial charge in [0.25, 0.3) is 5.56 Å². The topological polar surface area (TPSA) is 22.0 Å². The average Bonchev–Trinajstić information content (AvgIpc) is 2.28. The Bertz CT molecular complexity index is 589. The molecule has 0 amide bonds. The van der Waals surface area contributed by atoms with Gasteiger partial charge in [-0.05, 0) is 34.1 Å². The van der Waals surface area contributed by atoms with E-state index in [4.69, 9.17) is 0 Å². The molecule has 0 aliphatic rings. The van der Waals surface area contributed by atoms with Gasteiger partial charge in [0.2, 0.25) is 0 Å². The molecule has 88 valence electrons. The van der Waals surface area contributed by atoms with E-state index in [2.05, 4.69) is 15.9 Å². The Balaban J connectivity index is 2.45. The second-order valence-electron chi connectivity index (χ2n) is 3.51. The molecule has 0 saturated heterocycles. The van der Waals surface area contributed by atoms with Gasteiger partial charge in [0.05, 0.1) is 6.54 Å².